The fourth-order valence-electron chi connectivity index (χ4n) is 5.44. The van der Waals surface area contributed by atoms with E-state index in [0.717, 1.165) is 30.9 Å². The fourth-order valence-corrected chi connectivity index (χ4v) is 5.44. The molecule has 2 amide bonds. The van der Waals surface area contributed by atoms with Gasteiger partial charge in [-0.3, -0.25) is 4.90 Å². The van der Waals surface area contributed by atoms with E-state index in [4.69, 9.17) is 14.2 Å². The second-order valence-corrected chi connectivity index (χ2v) is 9.73. The number of likely N-dealkylation sites (tertiary alicyclic amines) is 1. The van der Waals surface area contributed by atoms with Crippen LogP contribution in [0, 0.1) is 0 Å². The third-order valence-electron chi connectivity index (χ3n) is 7.29. The Hall–Kier alpha value is -3.54. The molecule has 0 saturated carbocycles. The van der Waals surface area contributed by atoms with Gasteiger partial charge in [0.2, 0.25) is 0 Å². The summed E-state index contributed by atoms with van der Waals surface area (Å²) in [5.74, 6) is 1.42. The molecule has 194 valence electrons. The first-order chi connectivity index (χ1) is 18.2. The van der Waals surface area contributed by atoms with E-state index in [9.17, 15) is 4.79 Å². The average Bonchev–Trinajstić information content (AvgIpc) is 3.71. The van der Waals surface area contributed by atoms with Gasteiger partial charge < -0.3 is 24.8 Å². The van der Waals surface area contributed by atoms with Crippen LogP contribution in [-0.4, -0.2) is 82.8 Å². The van der Waals surface area contributed by atoms with Crippen LogP contribution in [0.1, 0.15) is 24.4 Å². The molecule has 11 nitrogen and oxygen atoms in total. The van der Waals surface area contributed by atoms with Crippen LogP contribution in [-0.2, 0) is 16.0 Å². The molecule has 3 aliphatic rings. The minimum absolute atomic E-state index is 0.186. The molecule has 3 aromatic rings. The number of rotatable bonds is 7. The number of carbonyl (C=O) groups excluding carboxylic acids is 1. The van der Waals surface area contributed by atoms with Crippen molar-refractivity contribution >= 4 is 11.7 Å². The molecule has 2 N–H and O–H groups in total. The Bertz CT molecular complexity index is 1230. The summed E-state index contributed by atoms with van der Waals surface area (Å²) in [5.41, 5.74) is 2.89. The number of fused-ring (bicyclic) bond motifs is 1. The maximum absolute atomic E-state index is 12.6. The molecule has 37 heavy (non-hydrogen) atoms. The van der Waals surface area contributed by atoms with Crippen molar-refractivity contribution in [1.29, 1.82) is 0 Å². The number of tetrazole rings is 1. The number of carbonyl (C=O) groups is 1. The van der Waals surface area contributed by atoms with Crippen molar-refractivity contribution in [1.82, 2.24) is 30.4 Å². The number of methoxy groups -OCH3 is 1. The van der Waals surface area contributed by atoms with Gasteiger partial charge in [0.1, 0.15) is 24.0 Å². The minimum atomic E-state index is -0.315. The highest BCUT2D eigenvalue weighted by Crippen LogP contribution is 2.36. The van der Waals surface area contributed by atoms with E-state index in [2.05, 4.69) is 49.3 Å². The molecule has 0 spiro atoms. The minimum Gasteiger partial charge on any atom is -0.497 e. The smallest absolute Gasteiger partial charge is 0.319 e. The molecule has 3 aliphatic heterocycles. The Morgan fingerprint density at radius 3 is 2.70 bits per heavy atom. The number of anilines is 1. The highest BCUT2D eigenvalue weighted by atomic mass is 16.6. The average molecular weight is 506 g/mol. The molecule has 4 heterocycles. The highest BCUT2D eigenvalue weighted by Gasteiger charge is 2.50. The quantitative estimate of drug-likeness (QED) is 0.503. The van der Waals surface area contributed by atoms with Gasteiger partial charge in [0.05, 0.1) is 26.4 Å². The number of hydrogen-bond donors (Lipinski definition) is 2. The van der Waals surface area contributed by atoms with E-state index in [1.807, 2.05) is 6.07 Å². The van der Waals surface area contributed by atoms with Crippen LogP contribution < -0.4 is 15.4 Å². The lowest BCUT2D eigenvalue weighted by atomic mass is 10.1. The summed E-state index contributed by atoms with van der Waals surface area (Å²) in [6, 6.07) is 14.8. The molecular weight excluding hydrogens is 474 g/mol. The number of aromatic nitrogens is 4. The zero-order chi connectivity index (χ0) is 25.2. The van der Waals surface area contributed by atoms with Gasteiger partial charge in [-0.15, -0.1) is 5.10 Å². The second kappa shape index (κ2) is 10.4. The zero-order valence-corrected chi connectivity index (χ0v) is 20.7. The summed E-state index contributed by atoms with van der Waals surface area (Å²) < 4.78 is 19.2. The van der Waals surface area contributed by atoms with Crippen molar-refractivity contribution in [3.05, 3.63) is 54.1 Å². The molecule has 11 heteroatoms. The maximum atomic E-state index is 12.6. The summed E-state index contributed by atoms with van der Waals surface area (Å²) in [5, 5.41) is 18.4. The van der Waals surface area contributed by atoms with Gasteiger partial charge in [0.25, 0.3) is 0 Å². The normalized spacial score (nSPS) is 25.2. The Kier molecular flexibility index (Phi) is 6.73. The first-order valence-electron chi connectivity index (χ1n) is 12.7. The predicted octanol–water partition coefficient (Wildman–Crippen LogP) is 2.47. The molecule has 1 aromatic heterocycles. The Labute approximate surface area is 215 Å². The molecule has 3 saturated heterocycles. The Morgan fingerprint density at radius 1 is 1.08 bits per heavy atom. The Balaban J connectivity index is 1.11. The number of nitrogens with zero attached hydrogens (tertiary/aromatic N) is 5. The molecular formula is C26H31N7O4. The summed E-state index contributed by atoms with van der Waals surface area (Å²) in [7, 11) is 1.60. The van der Waals surface area contributed by atoms with E-state index >= 15 is 0 Å². The van der Waals surface area contributed by atoms with E-state index in [-0.39, 0.29) is 30.3 Å². The second-order valence-electron chi connectivity index (χ2n) is 9.73. The van der Waals surface area contributed by atoms with Crippen LogP contribution in [0.25, 0.3) is 11.4 Å². The van der Waals surface area contributed by atoms with Crippen LogP contribution in [0.15, 0.2) is 48.5 Å². The van der Waals surface area contributed by atoms with E-state index in [1.165, 1.54) is 18.4 Å². The first kappa shape index (κ1) is 23.8. The fraction of sp³-hybridized carbons (Fsp3) is 0.462. The zero-order valence-electron chi connectivity index (χ0n) is 20.7. The largest absolute Gasteiger partial charge is 0.497 e. The van der Waals surface area contributed by atoms with Crippen LogP contribution >= 0.6 is 0 Å². The third kappa shape index (κ3) is 5.02. The molecule has 0 bridgehead atoms. The van der Waals surface area contributed by atoms with Gasteiger partial charge >= 0.3 is 6.03 Å². The lowest BCUT2D eigenvalue weighted by Gasteiger charge is -2.19. The van der Waals surface area contributed by atoms with Gasteiger partial charge in [-0.1, -0.05) is 18.2 Å². The summed E-state index contributed by atoms with van der Waals surface area (Å²) in [6.45, 7) is 3.98. The number of hydrogen-bond acceptors (Lipinski definition) is 8. The van der Waals surface area contributed by atoms with E-state index in [0.29, 0.717) is 24.7 Å². The Morgan fingerprint density at radius 2 is 1.89 bits per heavy atom. The topological polar surface area (TPSA) is 116 Å². The standard InChI is InChI=1S/C26H31N7O4/c1-35-20-9-7-19(8-10-20)27-26(34)28-21-15-36-24-22(16-37-23(21)24)33-25(29-30-31-33)18-6-4-5-17(13-18)14-32-11-2-3-12-32/h4-10,13,21-24H,2-3,11-12,14-16H2,1H3,(H2,27,28,34)/t21-,22-,23+,24+/m0/s1. The monoisotopic (exact) mass is 505 g/mol. The SMILES string of the molecule is COc1ccc(NC(=O)N[C@H]2CO[C@H]3[C@@H]2OC[C@@H]3n2nnnc2-c2cccc(CN3CCCC3)c2)cc1. The van der Waals surface area contributed by atoms with Crippen LogP contribution in [0.4, 0.5) is 10.5 Å². The number of urea groups is 1. The summed E-state index contributed by atoms with van der Waals surface area (Å²) in [4.78, 5) is 15.1. The summed E-state index contributed by atoms with van der Waals surface area (Å²) in [6.07, 6.45) is 1.98. The molecule has 2 aromatic carbocycles. The van der Waals surface area contributed by atoms with Crippen molar-refractivity contribution in [3.8, 4) is 17.1 Å². The van der Waals surface area contributed by atoms with Crippen LogP contribution in [0.5, 0.6) is 5.75 Å². The van der Waals surface area contributed by atoms with E-state index in [1.54, 1.807) is 36.1 Å². The number of nitrogens with one attached hydrogen (secondary N) is 2. The third-order valence-corrected chi connectivity index (χ3v) is 7.29. The summed E-state index contributed by atoms with van der Waals surface area (Å²) >= 11 is 0. The maximum Gasteiger partial charge on any atom is 0.319 e. The van der Waals surface area contributed by atoms with Crippen molar-refractivity contribution in [2.75, 3.05) is 38.7 Å². The molecule has 4 atom stereocenters. The molecule has 3 fully saturated rings. The van der Waals surface area contributed by atoms with Crippen molar-refractivity contribution in [2.24, 2.45) is 0 Å². The number of benzene rings is 2. The van der Waals surface area contributed by atoms with Gasteiger partial charge in [-0.25, -0.2) is 9.48 Å². The van der Waals surface area contributed by atoms with Crippen LogP contribution in [0.3, 0.4) is 0 Å². The molecule has 0 radical (unpaired) electrons. The van der Waals surface area contributed by atoms with Gasteiger partial charge in [-0.05, 0) is 72.3 Å². The molecule has 6 rings (SSSR count). The number of ether oxygens (including phenoxy) is 3. The van der Waals surface area contributed by atoms with Gasteiger partial charge in [-0.2, -0.15) is 0 Å². The van der Waals surface area contributed by atoms with Crippen molar-refractivity contribution in [2.45, 2.75) is 43.7 Å². The lowest BCUT2D eigenvalue weighted by molar-refractivity contribution is 0.0624. The highest BCUT2D eigenvalue weighted by molar-refractivity contribution is 5.89. The first-order valence-corrected chi connectivity index (χ1v) is 12.7. The van der Waals surface area contributed by atoms with Crippen molar-refractivity contribution < 1.29 is 19.0 Å². The lowest BCUT2D eigenvalue weighted by Crippen LogP contribution is -2.45. The van der Waals surface area contributed by atoms with Gasteiger partial charge in [0.15, 0.2) is 5.82 Å². The number of amides is 2. The predicted molar refractivity (Wildman–Crippen MR) is 135 cm³/mol. The van der Waals surface area contributed by atoms with Crippen molar-refractivity contribution in [3.63, 3.8) is 0 Å². The van der Waals surface area contributed by atoms with Crippen LogP contribution in [0.2, 0.25) is 0 Å². The van der Waals surface area contributed by atoms with E-state index < -0.39 is 0 Å². The van der Waals surface area contributed by atoms with Gasteiger partial charge in [0, 0.05) is 17.8 Å². The molecule has 0 aliphatic carbocycles. The molecule has 0 unspecified atom stereocenters.